The standard InChI is InChI=1S/C23H23N3O4/c27-22(18-8-7-16-5-1-2-6-17(16)13-18)15-24-23(28)19-9-10-20(21(14-19)26(29)30)25-11-3-4-12-25/h1-2,5-10,13-14,22,27H,3-4,11-12,15H2,(H,24,28). The summed E-state index contributed by atoms with van der Waals surface area (Å²) in [6.07, 6.45) is 1.13. The van der Waals surface area contributed by atoms with Gasteiger partial charge >= 0.3 is 0 Å². The zero-order valence-corrected chi connectivity index (χ0v) is 16.5. The number of nitro groups is 1. The molecule has 0 radical (unpaired) electrons. The van der Waals surface area contributed by atoms with Crippen LogP contribution in [0.5, 0.6) is 0 Å². The lowest BCUT2D eigenvalue weighted by molar-refractivity contribution is -0.384. The molecule has 3 aromatic carbocycles. The molecule has 1 atom stereocenters. The van der Waals surface area contributed by atoms with Gasteiger partial charge in [-0.2, -0.15) is 0 Å². The summed E-state index contributed by atoms with van der Waals surface area (Å²) in [4.78, 5) is 25.6. The van der Waals surface area contributed by atoms with Crippen LogP contribution in [0.2, 0.25) is 0 Å². The number of fused-ring (bicyclic) bond motifs is 1. The van der Waals surface area contributed by atoms with Crippen LogP contribution in [0.3, 0.4) is 0 Å². The summed E-state index contributed by atoms with van der Waals surface area (Å²) < 4.78 is 0. The lowest BCUT2D eigenvalue weighted by Gasteiger charge is -2.18. The fourth-order valence-electron chi connectivity index (χ4n) is 3.86. The monoisotopic (exact) mass is 405 g/mol. The van der Waals surface area contributed by atoms with Crippen molar-refractivity contribution in [3.05, 3.63) is 81.9 Å². The molecule has 1 heterocycles. The number of aliphatic hydroxyl groups excluding tert-OH is 1. The molecule has 1 amide bonds. The fraction of sp³-hybridized carbons (Fsp3) is 0.261. The molecule has 1 aliphatic rings. The van der Waals surface area contributed by atoms with Crippen LogP contribution in [0.15, 0.2) is 60.7 Å². The molecular weight excluding hydrogens is 382 g/mol. The van der Waals surface area contributed by atoms with Crippen molar-refractivity contribution >= 4 is 28.1 Å². The highest BCUT2D eigenvalue weighted by molar-refractivity contribution is 5.95. The third-order valence-corrected chi connectivity index (χ3v) is 5.50. The lowest BCUT2D eigenvalue weighted by Crippen LogP contribution is -2.28. The molecule has 1 fully saturated rings. The Bertz CT molecular complexity index is 1090. The van der Waals surface area contributed by atoms with Gasteiger partial charge in [-0.3, -0.25) is 14.9 Å². The van der Waals surface area contributed by atoms with Crippen LogP contribution in [0.25, 0.3) is 10.8 Å². The summed E-state index contributed by atoms with van der Waals surface area (Å²) >= 11 is 0. The average Bonchev–Trinajstić information content (AvgIpc) is 3.31. The van der Waals surface area contributed by atoms with Crippen molar-refractivity contribution in [3.63, 3.8) is 0 Å². The molecule has 0 bridgehead atoms. The molecule has 0 saturated carbocycles. The van der Waals surface area contributed by atoms with Crippen molar-refractivity contribution in [1.29, 1.82) is 0 Å². The third-order valence-electron chi connectivity index (χ3n) is 5.50. The predicted octanol–water partition coefficient (Wildman–Crippen LogP) is 3.81. The molecule has 0 aliphatic carbocycles. The van der Waals surface area contributed by atoms with E-state index in [0.29, 0.717) is 11.3 Å². The maximum atomic E-state index is 12.5. The van der Waals surface area contributed by atoms with Crippen LogP contribution in [0.4, 0.5) is 11.4 Å². The quantitative estimate of drug-likeness (QED) is 0.480. The number of carbonyl (C=O) groups excluding carboxylic acids is 1. The number of nitrogens with one attached hydrogen (secondary N) is 1. The second-order valence-electron chi connectivity index (χ2n) is 7.49. The second-order valence-corrected chi connectivity index (χ2v) is 7.49. The molecule has 1 unspecified atom stereocenters. The van der Waals surface area contributed by atoms with Gasteiger partial charge in [-0.1, -0.05) is 36.4 Å². The Hall–Kier alpha value is -3.45. The van der Waals surface area contributed by atoms with Gasteiger partial charge in [0, 0.05) is 31.3 Å². The van der Waals surface area contributed by atoms with Crippen molar-refractivity contribution in [2.45, 2.75) is 18.9 Å². The maximum Gasteiger partial charge on any atom is 0.293 e. The van der Waals surface area contributed by atoms with Crippen molar-refractivity contribution in [2.24, 2.45) is 0 Å². The molecule has 1 saturated heterocycles. The Morgan fingerprint density at radius 2 is 1.80 bits per heavy atom. The number of nitrogens with zero attached hydrogens (tertiary/aromatic N) is 2. The molecule has 3 aromatic rings. The summed E-state index contributed by atoms with van der Waals surface area (Å²) in [6, 6.07) is 18.0. The predicted molar refractivity (Wildman–Crippen MR) is 116 cm³/mol. The first-order valence-electron chi connectivity index (χ1n) is 10.0. The van der Waals surface area contributed by atoms with E-state index in [1.807, 2.05) is 47.4 Å². The highest BCUT2D eigenvalue weighted by atomic mass is 16.6. The van der Waals surface area contributed by atoms with Gasteiger partial charge in [0.25, 0.3) is 11.6 Å². The number of benzene rings is 3. The number of anilines is 1. The zero-order valence-electron chi connectivity index (χ0n) is 16.5. The first-order chi connectivity index (χ1) is 14.5. The summed E-state index contributed by atoms with van der Waals surface area (Å²) in [7, 11) is 0. The number of rotatable bonds is 6. The minimum Gasteiger partial charge on any atom is -0.387 e. The number of aliphatic hydroxyl groups is 1. The summed E-state index contributed by atoms with van der Waals surface area (Å²) in [6.45, 7) is 1.58. The van der Waals surface area contributed by atoms with Crippen molar-refractivity contribution in [1.82, 2.24) is 5.32 Å². The number of hydrogen-bond donors (Lipinski definition) is 2. The fourth-order valence-corrected chi connectivity index (χ4v) is 3.86. The lowest BCUT2D eigenvalue weighted by atomic mass is 10.0. The summed E-state index contributed by atoms with van der Waals surface area (Å²) in [5.41, 5.74) is 1.38. The van der Waals surface area contributed by atoms with Gasteiger partial charge in [-0.05, 0) is 47.4 Å². The zero-order chi connectivity index (χ0) is 21.1. The molecule has 4 rings (SSSR count). The molecule has 154 valence electrons. The van der Waals surface area contributed by atoms with Crippen LogP contribution < -0.4 is 10.2 Å². The van der Waals surface area contributed by atoms with E-state index >= 15 is 0 Å². The molecule has 7 nitrogen and oxygen atoms in total. The smallest absolute Gasteiger partial charge is 0.293 e. The van der Waals surface area contributed by atoms with Crippen LogP contribution in [-0.2, 0) is 0 Å². The van der Waals surface area contributed by atoms with E-state index in [2.05, 4.69) is 5.32 Å². The summed E-state index contributed by atoms with van der Waals surface area (Å²) in [5, 5.41) is 26.8. The maximum absolute atomic E-state index is 12.5. The van der Waals surface area contributed by atoms with Crippen LogP contribution in [0, 0.1) is 10.1 Å². The van der Waals surface area contributed by atoms with Gasteiger partial charge in [-0.25, -0.2) is 0 Å². The highest BCUT2D eigenvalue weighted by Gasteiger charge is 2.24. The van der Waals surface area contributed by atoms with E-state index in [1.165, 1.54) is 6.07 Å². The van der Waals surface area contributed by atoms with Gasteiger partial charge in [0.1, 0.15) is 5.69 Å². The third kappa shape index (κ3) is 4.11. The molecular formula is C23H23N3O4. The molecule has 30 heavy (non-hydrogen) atoms. The van der Waals surface area contributed by atoms with Gasteiger partial charge in [0.2, 0.25) is 0 Å². The Labute approximate surface area is 174 Å². The topological polar surface area (TPSA) is 95.7 Å². The molecule has 2 N–H and O–H groups in total. The van der Waals surface area contributed by atoms with Crippen molar-refractivity contribution in [2.75, 3.05) is 24.5 Å². The summed E-state index contributed by atoms with van der Waals surface area (Å²) in [5.74, 6) is -0.453. The van der Waals surface area contributed by atoms with E-state index in [-0.39, 0.29) is 17.8 Å². The minimum absolute atomic E-state index is 0.0127. The Kier molecular flexibility index (Phi) is 5.63. The van der Waals surface area contributed by atoms with Gasteiger partial charge in [0.15, 0.2) is 0 Å². The van der Waals surface area contributed by atoms with Gasteiger partial charge < -0.3 is 15.3 Å². The van der Waals surface area contributed by atoms with E-state index in [0.717, 1.165) is 36.7 Å². The first-order valence-corrected chi connectivity index (χ1v) is 10.0. The van der Waals surface area contributed by atoms with Gasteiger partial charge in [-0.15, -0.1) is 0 Å². The normalized spacial score (nSPS) is 14.6. The Balaban J connectivity index is 1.46. The number of nitro benzene ring substituents is 1. The van der Waals surface area contributed by atoms with Crippen molar-refractivity contribution < 1.29 is 14.8 Å². The number of hydrogen-bond acceptors (Lipinski definition) is 5. The van der Waals surface area contributed by atoms with Crippen molar-refractivity contribution in [3.8, 4) is 0 Å². The molecule has 1 aliphatic heterocycles. The number of carbonyl (C=O) groups is 1. The first kappa shape index (κ1) is 19.8. The molecule has 7 heteroatoms. The van der Waals surface area contributed by atoms with E-state index in [9.17, 15) is 20.0 Å². The van der Waals surface area contributed by atoms with Crippen LogP contribution >= 0.6 is 0 Å². The largest absolute Gasteiger partial charge is 0.387 e. The Morgan fingerprint density at radius 3 is 2.53 bits per heavy atom. The molecule has 0 spiro atoms. The average molecular weight is 405 g/mol. The second kappa shape index (κ2) is 8.51. The van der Waals surface area contributed by atoms with Crippen LogP contribution in [-0.4, -0.2) is 35.6 Å². The van der Waals surface area contributed by atoms with E-state index in [4.69, 9.17) is 0 Å². The van der Waals surface area contributed by atoms with E-state index in [1.54, 1.807) is 12.1 Å². The van der Waals surface area contributed by atoms with Gasteiger partial charge in [0.05, 0.1) is 11.0 Å². The SMILES string of the molecule is O=C(NCC(O)c1ccc2ccccc2c1)c1ccc(N2CCCC2)c([N+](=O)[O-])c1. The Morgan fingerprint density at radius 1 is 1.07 bits per heavy atom. The van der Waals surface area contributed by atoms with Crippen LogP contribution in [0.1, 0.15) is 34.9 Å². The molecule has 0 aromatic heterocycles. The van der Waals surface area contributed by atoms with E-state index < -0.39 is 16.9 Å². The highest BCUT2D eigenvalue weighted by Crippen LogP contribution is 2.31. The minimum atomic E-state index is -0.877. The number of amides is 1.